The highest BCUT2D eigenvalue weighted by Gasteiger charge is 2.32. The molecule has 1 N–H and O–H groups in total. The van der Waals surface area contributed by atoms with Crippen molar-refractivity contribution in [3.05, 3.63) is 28.8 Å². The van der Waals surface area contributed by atoms with Crippen LogP contribution >= 0.6 is 11.6 Å². The van der Waals surface area contributed by atoms with Gasteiger partial charge in [0.15, 0.2) is 0 Å². The number of benzene rings is 1. The SMILES string of the molecule is C[C@@H]1C[C@H](C)CN(S(=O)(=O)c2ccc(Cl)c(C(=O)NN3CCN(C)CC3)c2)C1. The topological polar surface area (TPSA) is 73.0 Å². The lowest BCUT2D eigenvalue weighted by Crippen LogP contribution is -2.52. The van der Waals surface area contributed by atoms with Gasteiger partial charge in [-0.3, -0.25) is 10.2 Å². The smallest absolute Gasteiger partial charge is 0.267 e. The molecule has 0 aliphatic carbocycles. The predicted octanol–water partition coefficient (Wildman–Crippen LogP) is 1.90. The number of nitrogens with zero attached hydrogens (tertiary/aromatic N) is 3. The number of piperazine rings is 1. The number of hydrogen-bond donors (Lipinski definition) is 1. The van der Waals surface area contributed by atoms with Crippen molar-refractivity contribution >= 4 is 27.5 Å². The van der Waals surface area contributed by atoms with Gasteiger partial charge >= 0.3 is 0 Å². The summed E-state index contributed by atoms with van der Waals surface area (Å²) in [5.41, 5.74) is 3.02. The zero-order valence-corrected chi connectivity index (χ0v) is 18.3. The molecule has 156 valence electrons. The van der Waals surface area contributed by atoms with Gasteiger partial charge in [0.05, 0.1) is 15.5 Å². The van der Waals surface area contributed by atoms with Crippen molar-refractivity contribution < 1.29 is 13.2 Å². The minimum absolute atomic E-state index is 0.113. The van der Waals surface area contributed by atoms with Crippen LogP contribution in [0.4, 0.5) is 0 Å². The molecule has 1 aromatic rings. The molecular formula is C19H29ClN4O3S. The van der Waals surface area contributed by atoms with Crippen molar-refractivity contribution in [3.63, 3.8) is 0 Å². The molecule has 2 heterocycles. The minimum Gasteiger partial charge on any atom is -0.304 e. The van der Waals surface area contributed by atoms with Crippen LogP contribution in [-0.4, -0.2) is 74.9 Å². The molecule has 0 aromatic heterocycles. The van der Waals surface area contributed by atoms with E-state index < -0.39 is 10.0 Å². The molecular weight excluding hydrogens is 400 g/mol. The molecule has 0 unspecified atom stereocenters. The molecule has 7 nitrogen and oxygen atoms in total. The lowest BCUT2D eigenvalue weighted by atomic mass is 9.94. The Labute approximate surface area is 172 Å². The summed E-state index contributed by atoms with van der Waals surface area (Å²) in [6.07, 6.45) is 1.02. The molecule has 2 fully saturated rings. The van der Waals surface area contributed by atoms with Gasteiger partial charge in [0, 0.05) is 39.3 Å². The number of hydrogen-bond acceptors (Lipinski definition) is 5. The summed E-state index contributed by atoms with van der Waals surface area (Å²) in [7, 11) is -1.63. The van der Waals surface area contributed by atoms with Crippen LogP contribution in [0.15, 0.2) is 23.1 Å². The average Bonchev–Trinajstić information content (AvgIpc) is 2.63. The summed E-state index contributed by atoms with van der Waals surface area (Å²) >= 11 is 6.22. The number of rotatable bonds is 4. The van der Waals surface area contributed by atoms with E-state index in [0.717, 1.165) is 19.5 Å². The van der Waals surface area contributed by atoms with Gasteiger partial charge in [-0.1, -0.05) is 25.4 Å². The van der Waals surface area contributed by atoms with Crippen LogP contribution in [0.2, 0.25) is 5.02 Å². The highest BCUT2D eigenvalue weighted by molar-refractivity contribution is 7.89. The standard InChI is InChI=1S/C19H29ClN4O3S/c1-14-10-15(2)13-24(12-14)28(26,27)16-4-5-18(20)17(11-16)19(25)21-23-8-6-22(3)7-9-23/h4-5,11,14-15H,6-10,12-13H2,1-3H3,(H,21,25)/t14-,15+. The molecule has 2 aliphatic heterocycles. The second kappa shape index (κ2) is 8.67. The largest absolute Gasteiger partial charge is 0.304 e. The number of carbonyl (C=O) groups is 1. The molecule has 0 radical (unpaired) electrons. The summed E-state index contributed by atoms with van der Waals surface area (Å²) in [5.74, 6) is 0.239. The molecule has 3 rings (SSSR count). The molecule has 28 heavy (non-hydrogen) atoms. The first-order chi connectivity index (χ1) is 13.2. The van der Waals surface area contributed by atoms with Gasteiger partial charge in [-0.15, -0.1) is 0 Å². The fraction of sp³-hybridized carbons (Fsp3) is 0.632. The fourth-order valence-electron chi connectivity index (χ4n) is 3.91. The maximum absolute atomic E-state index is 13.1. The Kier molecular flexibility index (Phi) is 6.66. The maximum Gasteiger partial charge on any atom is 0.267 e. The lowest BCUT2D eigenvalue weighted by Gasteiger charge is -2.34. The van der Waals surface area contributed by atoms with Crippen molar-refractivity contribution in [2.45, 2.75) is 25.2 Å². The lowest BCUT2D eigenvalue weighted by molar-refractivity contribution is 0.0662. The Bertz CT molecular complexity index is 814. The molecule has 2 atom stereocenters. The Morgan fingerprint density at radius 1 is 1.11 bits per heavy atom. The number of sulfonamides is 1. The maximum atomic E-state index is 13.1. The molecule has 2 aliphatic rings. The van der Waals surface area contributed by atoms with Crippen LogP contribution in [0, 0.1) is 11.8 Å². The zero-order valence-electron chi connectivity index (χ0n) is 16.7. The van der Waals surface area contributed by atoms with Crippen LogP contribution in [-0.2, 0) is 10.0 Å². The quantitative estimate of drug-likeness (QED) is 0.792. The number of likely N-dealkylation sites (N-methyl/N-ethyl adjacent to an activating group) is 1. The van der Waals surface area contributed by atoms with E-state index in [1.807, 2.05) is 12.1 Å². The van der Waals surface area contributed by atoms with Crippen molar-refractivity contribution in [1.82, 2.24) is 19.6 Å². The summed E-state index contributed by atoms with van der Waals surface area (Å²) in [4.78, 5) is 15.0. The second-order valence-corrected chi connectivity index (χ2v) is 10.5. The molecule has 9 heteroatoms. The van der Waals surface area contributed by atoms with Crippen molar-refractivity contribution in [2.75, 3.05) is 46.3 Å². The third-order valence-corrected chi connectivity index (χ3v) is 7.58. The van der Waals surface area contributed by atoms with Crippen molar-refractivity contribution in [2.24, 2.45) is 11.8 Å². The normalized spacial score (nSPS) is 25.6. The number of amides is 1. The van der Waals surface area contributed by atoms with E-state index in [2.05, 4.69) is 24.2 Å². The molecule has 1 amide bonds. The van der Waals surface area contributed by atoms with Crippen molar-refractivity contribution in [3.8, 4) is 0 Å². The molecule has 2 saturated heterocycles. The number of nitrogens with one attached hydrogen (secondary N) is 1. The van der Waals surface area contributed by atoms with Gasteiger partial charge in [0.25, 0.3) is 5.91 Å². The van der Waals surface area contributed by atoms with E-state index in [9.17, 15) is 13.2 Å². The third-order valence-electron chi connectivity index (χ3n) is 5.42. The first kappa shape index (κ1) is 21.5. The Morgan fingerprint density at radius 3 is 2.32 bits per heavy atom. The van der Waals surface area contributed by atoms with E-state index in [4.69, 9.17) is 11.6 Å². The summed E-state index contributed by atoms with van der Waals surface area (Å²) in [6, 6.07) is 4.37. The second-order valence-electron chi connectivity index (χ2n) is 8.14. The van der Waals surface area contributed by atoms with Gasteiger partial charge < -0.3 is 4.90 Å². The van der Waals surface area contributed by atoms with E-state index in [-0.39, 0.29) is 21.4 Å². The highest BCUT2D eigenvalue weighted by Crippen LogP contribution is 2.28. The molecule has 0 bridgehead atoms. The summed E-state index contributed by atoms with van der Waals surface area (Å²) in [5, 5.41) is 2.08. The van der Waals surface area contributed by atoms with Crippen LogP contribution < -0.4 is 5.43 Å². The Hall–Kier alpha value is -1.19. The van der Waals surface area contributed by atoms with Gasteiger partial charge in [-0.2, -0.15) is 4.31 Å². The van der Waals surface area contributed by atoms with Crippen LogP contribution in [0.25, 0.3) is 0 Å². The molecule has 0 saturated carbocycles. The number of halogens is 1. The van der Waals surface area contributed by atoms with E-state index in [1.54, 1.807) is 0 Å². The van der Waals surface area contributed by atoms with Crippen LogP contribution in [0.3, 0.4) is 0 Å². The summed E-state index contributed by atoms with van der Waals surface area (Å²) in [6.45, 7) is 8.25. The van der Waals surface area contributed by atoms with E-state index in [1.165, 1.54) is 22.5 Å². The van der Waals surface area contributed by atoms with Gasteiger partial charge in [0.2, 0.25) is 10.0 Å². The van der Waals surface area contributed by atoms with E-state index >= 15 is 0 Å². The predicted molar refractivity (Wildman–Crippen MR) is 110 cm³/mol. The summed E-state index contributed by atoms with van der Waals surface area (Å²) < 4.78 is 27.8. The minimum atomic E-state index is -3.67. The number of hydrazine groups is 1. The van der Waals surface area contributed by atoms with Crippen molar-refractivity contribution in [1.29, 1.82) is 0 Å². The van der Waals surface area contributed by atoms with Gasteiger partial charge in [-0.25, -0.2) is 13.4 Å². The highest BCUT2D eigenvalue weighted by atomic mass is 35.5. The Balaban J connectivity index is 1.79. The monoisotopic (exact) mass is 428 g/mol. The van der Waals surface area contributed by atoms with Crippen LogP contribution in [0.1, 0.15) is 30.6 Å². The van der Waals surface area contributed by atoms with Gasteiger partial charge in [0.1, 0.15) is 0 Å². The molecule has 0 spiro atoms. The van der Waals surface area contributed by atoms with E-state index in [0.29, 0.717) is 38.0 Å². The number of carbonyl (C=O) groups excluding carboxylic acids is 1. The first-order valence-electron chi connectivity index (χ1n) is 9.71. The average molecular weight is 429 g/mol. The Morgan fingerprint density at radius 2 is 1.71 bits per heavy atom. The number of piperidine rings is 1. The zero-order chi connectivity index (χ0) is 20.5. The molecule has 1 aromatic carbocycles. The van der Waals surface area contributed by atoms with Crippen LogP contribution in [0.5, 0.6) is 0 Å². The fourth-order valence-corrected chi connectivity index (χ4v) is 5.82. The first-order valence-corrected chi connectivity index (χ1v) is 11.5. The van der Waals surface area contributed by atoms with Gasteiger partial charge in [-0.05, 0) is 43.5 Å². The third kappa shape index (κ3) is 4.86.